The molecule has 1 saturated heterocycles. The van der Waals surface area contributed by atoms with Crippen LogP contribution in [0, 0.1) is 5.92 Å². The highest BCUT2D eigenvalue weighted by atomic mass is 16.5. The summed E-state index contributed by atoms with van der Waals surface area (Å²) in [6.07, 6.45) is 5.92. The number of hydrogen-bond donors (Lipinski definition) is 1. The van der Waals surface area contributed by atoms with Gasteiger partial charge in [0.25, 0.3) is 0 Å². The Bertz CT molecular complexity index is 691. The monoisotopic (exact) mass is 355 g/mol. The van der Waals surface area contributed by atoms with E-state index in [0.717, 1.165) is 57.5 Å². The number of benzene rings is 1. The molecule has 0 aliphatic carbocycles. The molecule has 1 unspecified atom stereocenters. The van der Waals surface area contributed by atoms with Gasteiger partial charge in [0.2, 0.25) is 0 Å². The summed E-state index contributed by atoms with van der Waals surface area (Å²) < 4.78 is 7.67. The summed E-state index contributed by atoms with van der Waals surface area (Å²) in [5.41, 5.74) is 1.29. The zero-order chi connectivity index (χ0) is 18.2. The number of imidazole rings is 1. The van der Waals surface area contributed by atoms with Crippen molar-refractivity contribution in [3.8, 4) is 0 Å². The molecule has 1 atom stereocenters. The zero-order valence-corrected chi connectivity index (χ0v) is 15.8. The molecule has 6 heteroatoms. The highest BCUT2D eigenvalue weighted by Crippen LogP contribution is 2.13. The van der Waals surface area contributed by atoms with E-state index < -0.39 is 0 Å². The molecule has 1 aliphatic heterocycles. The molecule has 26 heavy (non-hydrogen) atoms. The molecule has 6 nitrogen and oxygen atoms in total. The molecule has 1 aromatic heterocycles. The minimum atomic E-state index is 0.600. The fourth-order valence-electron chi connectivity index (χ4n) is 3.36. The molecule has 0 saturated carbocycles. The van der Waals surface area contributed by atoms with Gasteiger partial charge >= 0.3 is 0 Å². The minimum Gasteiger partial charge on any atom is -0.381 e. The zero-order valence-electron chi connectivity index (χ0n) is 15.8. The maximum absolute atomic E-state index is 5.47. The first kappa shape index (κ1) is 18.5. The van der Waals surface area contributed by atoms with E-state index in [2.05, 4.69) is 56.1 Å². The van der Waals surface area contributed by atoms with Crippen LogP contribution in [-0.4, -0.2) is 60.8 Å². The van der Waals surface area contributed by atoms with Crippen molar-refractivity contribution < 1.29 is 4.74 Å². The summed E-state index contributed by atoms with van der Waals surface area (Å²) >= 11 is 0. The molecular weight excluding hydrogens is 326 g/mol. The summed E-state index contributed by atoms with van der Waals surface area (Å²) in [5, 5.41) is 3.45. The first-order chi connectivity index (χ1) is 12.8. The van der Waals surface area contributed by atoms with E-state index in [4.69, 9.17) is 4.74 Å². The predicted molar refractivity (Wildman–Crippen MR) is 104 cm³/mol. The number of aliphatic imine (C=N–C) groups is 1. The Balaban J connectivity index is 1.48. The third-order valence-electron chi connectivity index (χ3n) is 4.76. The van der Waals surface area contributed by atoms with Crippen LogP contribution >= 0.6 is 0 Å². The highest BCUT2D eigenvalue weighted by molar-refractivity contribution is 5.79. The fraction of sp³-hybridized carbons (Fsp3) is 0.500. The van der Waals surface area contributed by atoms with Crippen molar-refractivity contribution in [1.82, 2.24) is 19.8 Å². The number of aromatic nitrogens is 2. The molecule has 2 aromatic rings. The number of rotatable bonds is 7. The smallest absolute Gasteiger partial charge is 0.193 e. The lowest BCUT2D eigenvalue weighted by molar-refractivity contribution is 0.181. The third-order valence-corrected chi connectivity index (χ3v) is 4.76. The molecule has 140 valence electrons. The van der Waals surface area contributed by atoms with Crippen LogP contribution < -0.4 is 5.32 Å². The Morgan fingerprint density at radius 1 is 1.38 bits per heavy atom. The van der Waals surface area contributed by atoms with Gasteiger partial charge in [-0.1, -0.05) is 30.3 Å². The van der Waals surface area contributed by atoms with Crippen LogP contribution in [0.3, 0.4) is 0 Å². The molecule has 2 heterocycles. The van der Waals surface area contributed by atoms with Crippen molar-refractivity contribution in [3.63, 3.8) is 0 Å². The summed E-state index contributed by atoms with van der Waals surface area (Å²) in [7, 11) is 3.92. The maximum atomic E-state index is 5.47. The first-order valence-electron chi connectivity index (χ1n) is 9.29. The lowest BCUT2D eigenvalue weighted by Gasteiger charge is -2.24. The molecule has 0 amide bonds. The van der Waals surface area contributed by atoms with Gasteiger partial charge in [0, 0.05) is 65.1 Å². The van der Waals surface area contributed by atoms with Crippen molar-refractivity contribution in [2.24, 2.45) is 10.9 Å². The number of nitrogens with zero attached hydrogens (tertiary/aromatic N) is 4. The van der Waals surface area contributed by atoms with E-state index in [-0.39, 0.29) is 0 Å². The van der Waals surface area contributed by atoms with Gasteiger partial charge in [0.15, 0.2) is 5.96 Å². The second-order valence-electron chi connectivity index (χ2n) is 6.79. The van der Waals surface area contributed by atoms with Crippen LogP contribution in [0.15, 0.2) is 47.7 Å². The van der Waals surface area contributed by atoms with Gasteiger partial charge in [0.1, 0.15) is 5.82 Å². The SMILES string of the molecule is CN=C(NCCc1nccn1Cc1ccccc1)N(C)CC1CCOC1. The van der Waals surface area contributed by atoms with Gasteiger partial charge in [-0.25, -0.2) is 4.98 Å². The molecule has 0 radical (unpaired) electrons. The Kier molecular flexibility index (Phi) is 6.66. The van der Waals surface area contributed by atoms with E-state index >= 15 is 0 Å². The van der Waals surface area contributed by atoms with Crippen LogP contribution in [-0.2, 0) is 17.7 Å². The van der Waals surface area contributed by atoms with Gasteiger partial charge in [-0.05, 0) is 12.0 Å². The highest BCUT2D eigenvalue weighted by Gasteiger charge is 2.19. The average molecular weight is 355 g/mol. The second kappa shape index (κ2) is 9.38. The average Bonchev–Trinajstić information content (AvgIpc) is 3.32. The van der Waals surface area contributed by atoms with Crippen molar-refractivity contribution >= 4 is 5.96 Å². The quantitative estimate of drug-likeness (QED) is 0.610. The van der Waals surface area contributed by atoms with Gasteiger partial charge in [-0.3, -0.25) is 4.99 Å². The molecule has 3 rings (SSSR count). The molecule has 1 aliphatic rings. The lowest BCUT2D eigenvalue weighted by atomic mass is 10.1. The molecule has 1 fully saturated rings. The Morgan fingerprint density at radius 3 is 2.96 bits per heavy atom. The van der Waals surface area contributed by atoms with Crippen molar-refractivity contribution in [2.75, 3.05) is 40.4 Å². The first-order valence-corrected chi connectivity index (χ1v) is 9.29. The molecule has 0 spiro atoms. The van der Waals surface area contributed by atoms with Crippen LogP contribution in [0.2, 0.25) is 0 Å². The Morgan fingerprint density at radius 2 is 2.23 bits per heavy atom. The lowest BCUT2D eigenvalue weighted by Crippen LogP contribution is -2.42. The molecule has 1 N–H and O–H groups in total. The normalized spacial score (nSPS) is 17.5. The summed E-state index contributed by atoms with van der Waals surface area (Å²) in [6.45, 7) is 4.38. The van der Waals surface area contributed by atoms with Crippen LogP contribution in [0.5, 0.6) is 0 Å². The van der Waals surface area contributed by atoms with Crippen LogP contribution in [0.1, 0.15) is 17.8 Å². The predicted octanol–water partition coefficient (Wildman–Crippen LogP) is 2.02. The van der Waals surface area contributed by atoms with Crippen LogP contribution in [0.4, 0.5) is 0 Å². The Labute approximate surface area is 155 Å². The summed E-state index contributed by atoms with van der Waals surface area (Å²) in [4.78, 5) is 11.1. The van der Waals surface area contributed by atoms with Crippen molar-refractivity contribution in [1.29, 1.82) is 0 Å². The summed E-state index contributed by atoms with van der Waals surface area (Å²) in [5.74, 6) is 2.62. The molecular formula is C20H29N5O. The number of guanidine groups is 1. The number of hydrogen-bond acceptors (Lipinski definition) is 3. The Hall–Kier alpha value is -2.34. The van der Waals surface area contributed by atoms with E-state index in [1.54, 1.807) is 0 Å². The van der Waals surface area contributed by atoms with Crippen LogP contribution in [0.25, 0.3) is 0 Å². The maximum Gasteiger partial charge on any atom is 0.193 e. The second-order valence-corrected chi connectivity index (χ2v) is 6.79. The van der Waals surface area contributed by atoms with Gasteiger partial charge in [-0.15, -0.1) is 0 Å². The third kappa shape index (κ3) is 5.08. The van der Waals surface area contributed by atoms with Gasteiger partial charge < -0.3 is 19.5 Å². The minimum absolute atomic E-state index is 0.600. The fourth-order valence-corrected chi connectivity index (χ4v) is 3.36. The van der Waals surface area contributed by atoms with Crippen molar-refractivity contribution in [3.05, 3.63) is 54.1 Å². The molecule has 0 bridgehead atoms. The van der Waals surface area contributed by atoms with Gasteiger partial charge in [0.05, 0.1) is 6.61 Å². The standard InChI is InChI=1S/C20H29N5O/c1-21-20(24(2)14-18-9-13-26-16-18)23-10-8-19-22-11-12-25(19)15-17-6-4-3-5-7-17/h3-7,11-12,18H,8-10,13-16H2,1-2H3,(H,21,23). The van der Waals surface area contributed by atoms with E-state index in [0.29, 0.717) is 5.92 Å². The molecule has 1 aromatic carbocycles. The van der Waals surface area contributed by atoms with E-state index in [1.807, 2.05) is 25.5 Å². The van der Waals surface area contributed by atoms with E-state index in [9.17, 15) is 0 Å². The summed E-state index contributed by atoms with van der Waals surface area (Å²) in [6, 6.07) is 10.5. The van der Waals surface area contributed by atoms with Gasteiger partial charge in [-0.2, -0.15) is 0 Å². The van der Waals surface area contributed by atoms with Crippen molar-refractivity contribution in [2.45, 2.75) is 19.4 Å². The van der Waals surface area contributed by atoms with E-state index in [1.165, 1.54) is 5.56 Å². The largest absolute Gasteiger partial charge is 0.381 e. The number of ether oxygens (including phenoxy) is 1. The topological polar surface area (TPSA) is 54.7 Å². The number of nitrogens with one attached hydrogen (secondary N) is 1.